The van der Waals surface area contributed by atoms with Crippen LogP contribution in [0.5, 0.6) is 0 Å². The summed E-state index contributed by atoms with van der Waals surface area (Å²) in [7, 11) is 0. The van der Waals surface area contributed by atoms with Crippen LogP contribution in [0.25, 0.3) is 0 Å². The average Bonchev–Trinajstić information content (AvgIpc) is 2.68. The van der Waals surface area contributed by atoms with Crippen molar-refractivity contribution in [1.82, 2.24) is 0 Å². The smallest absolute Gasteiger partial charge is 0.278 e. The summed E-state index contributed by atoms with van der Waals surface area (Å²) in [6.07, 6.45) is 1.49. The van der Waals surface area contributed by atoms with Crippen molar-refractivity contribution in [3.8, 4) is 0 Å². The second-order valence-corrected chi connectivity index (χ2v) is 5.97. The Kier molecular flexibility index (Phi) is 5.86. The van der Waals surface area contributed by atoms with Gasteiger partial charge < -0.3 is 10.6 Å². The molecule has 0 aliphatic carbocycles. The van der Waals surface area contributed by atoms with Crippen molar-refractivity contribution >= 4 is 46.3 Å². The molecule has 0 aliphatic rings. The van der Waals surface area contributed by atoms with Crippen molar-refractivity contribution in [1.29, 1.82) is 0 Å². The molecule has 0 fully saturated rings. The van der Waals surface area contributed by atoms with E-state index < -0.39 is 4.92 Å². The maximum Gasteiger partial charge on any atom is 0.278 e. The van der Waals surface area contributed by atoms with Gasteiger partial charge in [0.1, 0.15) is 0 Å². The Morgan fingerprint density at radius 2 is 1.48 bits per heavy atom. The molecule has 0 aliphatic heterocycles. The number of nitro benzene ring substituents is 1. The number of para-hydroxylation sites is 2. The Bertz CT molecular complexity index is 973. The van der Waals surface area contributed by atoms with E-state index in [1.165, 1.54) is 12.3 Å². The Morgan fingerprint density at radius 3 is 2.15 bits per heavy atom. The summed E-state index contributed by atoms with van der Waals surface area (Å²) in [4.78, 5) is 14.9. The van der Waals surface area contributed by atoms with E-state index in [0.29, 0.717) is 16.4 Å². The summed E-state index contributed by atoms with van der Waals surface area (Å²) in [5.41, 5.74) is 2.88. The highest BCUT2D eigenvalue weighted by Gasteiger charge is 2.09. The molecule has 3 aromatic carbocycles. The monoisotopic (exact) mass is 376 g/mol. The number of nitro groups is 1. The average molecular weight is 376 g/mol. The van der Waals surface area contributed by atoms with E-state index in [9.17, 15) is 10.1 Å². The minimum absolute atomic E-state index is 0.0249. The first-order valence-electron chi connectivity index (χ1n) is 8.12. The molecular formula is C20H16N4O2S. The van der Waals surface area contributed by atoms with Gasteiger partial charge in [-0.15, -0.1) is 0 Å². The molecule has 0 amide bonds. The van der Waals surface area contributed by atoms with Crippen molar-refractivity contribution < 1.29 is 4.92 Å². The minimum Gasteiger partial charge on any atom is -0.332 e. The number of benzene rings is 3. The first-order chi connectivity index (χ1) is 13.1. The van der Waals surface area contributed by atoms with Gasteiger partial charge in [-0.05, 0) is 54.7 Å². The first kappa shape index (κ1) is 18.2. The Morgan fingerprint density at radius 1 is 0.889 bits per heavy atom. The quantitative estimate of drug-likeness (QED) is 0.278. The maximum atomic E-state index is 11.0. The highest BCUT2D eigenvalue weighted by Crippen LogP contribution is 2.19. The van der Waals surface area contributed by atoms with Crippen LogP contribution in [0.2, 0.25) is 0 Å². The normalized spacial score (nSPS) is 10.5. The summed E-state index contributed by atoms with van der Waals surface area (Å²) >= 11 is 5.29. The Hall–Kier alpha value is -3.58. The Labute approximate surface area is 161 Å². The van der Waals surface area contributed by atoms with E-state index >= 15 is 0 Å². The molecule has 134 valence electrons. The molecule has 3 aromatic rings. The summed E-state index contributed by atoms with van der Waals surface area (Å²) in [6.45, 7) is 0. The molecule has 6 nitrogen and oxygen atoms in total. The third-order valence-corrected chi connectivity index (χ3v) is 3.85. The molecule has 0 saturated carbocycles. The molecule has 0 bridgehead atoms. The highest BCUT2D eigenvalue weighted by atomic mass is 32.1. The van der Waals surface area contributed by atoms with Gasteiger partial charge in [0, 0.05) is 23.7 Å². The van der Waals surface area contributed by atoms with Gasteiger partial charge in [0.15, 0.2) is 5.11 Å². The number of nitrogens with zero attached hydrogens (tertiary/aromatic N) is 2. The Balaban J connectivity index is 1.64. The van der Waals surface area contributed by atoms with Crippen molar-refractivity contribution in [2.45, 2.75) is 0 Å². The molecule has 7 heteroatoms. The summed E-state index contributed by atoms with van der Waals surface area (Å²) < 4.78 is 0. The number of thiocarbonyl (C=S) groups is 1. The molecule has 0 saturated heterocycles. The number of anilines is 2. The summed E-state index contributed by atoms with van der Waals surface area (Å²) in [6, 6.07) is 23.4. The van der Waals surface area contributed by atoms with Crippen LogP contribution in [0.3, 0.4) is 0 Å². The minimum atomic E-state index is -0.422. The molecule has 0 radical (unpaired) electrons. The molecule has 27 heavy (non-hydrogen) atoms. The van der Waals surface area contributed by atoms with E-state index in [1.54, 1.807) is 30.3 Å². The van der Waals surface area contributed by atoms with Crippen molar-refractivity contribution in [3.05, 3.63) is 94.5 Å². The molecule has 0 aromatic heterocycles. The second kappa shape index (κ2) is 8.68. The predicted molar refractivity (Wildman–Crippen MR) is 113 cm³/mol. The molecular weight excluding hydrogens is 360 g/mol. The van der Waals surface area contributed by atoms with Crippen LogP contribution in [-0.2, 0) is 0 Å². The van der Waals surface area contributed by atoms with E-state index in [0.717, 1.165) is 11.4 Å². The zero-order valence-corrected chi connectivity index (χ0v) is 15.0. The highest BCUT2D eigenvalue weighted by molar-refractivity contribution is 7.80. The molecule has 3 rings (SSSR count). The van der Waals surface area contributed by atoms with E-state index in [1.807, 2.05) is 42.5 Å². The van der Waals surface area contributed by atoms with Gasteiger partial charge in [0.2, 0.25) is 0 Å². The summed E-state index contributed by atoms with van der Waals surface area (Å²) in [5.74, 6) is 0. The van der Waals surface area contributed by atoms with Crippen LogP contribution < -0.4 is 10.6 Å². The molecule has 0 unspecified atom stereocenters. The van der Waals surface area contributed by atoms with Gasteiger partial charge >= 0.3 is 0 Å². The van der Waals surface area contributed by atoms with Gasteiger partial charge in [-0.1, -0.05) is 30.3 Å². The second-order valence-electron chi connectivity index (χ2n) is 5.57. The van der Waals surface area contributed by atoms with Crippen LogP contribution in [0, 0.1) is 10.1 Å². The summed E-state index contributed by atoms with van der Waals surface area (Å²) in [5, 5.41) is 17.7. The zero-order valence-electron chi connectivity index (χ0n) is 14.2. The van der Waals surface area contributed by atoms with E-state index in [2.05, 4.69) is 15.6 Å². The van der Waals surface area contributed by atoms with Crippen LogP contribution in [0.1, 0.15) is 5.56 Å². The van der Waals surface area contributed by atoms with Crippen molar-refractivity contribution in [2.75, 3.05) is 10.6 Å². The lowest BCUT2D eigenvalue weighted by atomic mass is 10.2. The first-order valence-corrected chi connectivity index (χ1v) is 8.53. The van der Waals surface area contributed by atoms with Gasteiger partial charge in [0.05, 0.1) is 16.2 Å². The third kappa shape index (κ3) is 5.20. The van der Waals surface area contributed by atoms with Crippen LogP contribution in [-0.4, -0.2) is 16.3 Å². The predicted octanol–water partition coefficient (Wildman–Crippen LogP) is 5.15. The van der Waals surface area contributed by atoms with Crippen molar-refractivity contribution in [3.63, 3.8) is 0 Å². The topological polar surface area (TPSA) is 79.6 Å². The molecule has 2 N–H and O–H groups in total. The van der Waals surface area contributed by atoms with Gasteiger partial charge in [-0.25, -0.2) is 0 Å². The number of hydrogen-bond donors (Lipinski definition) is 2. The lowest BCUT2D eigenvalue weighted by Crippen LogP contribution is -2.18. The lowest BCUT2D eigenvalue weighted by Gasteiger charge is -2.10. The molecule has 0 atom stereocenters. The van der Waals surface area contributed by atoms with Gasteiger partial charge in [-0.3, -0.25) is 15.1 Å². The number of aliphatic imine (C=N–C) groups is 1. The fourth-order valence-corrected chi connectivity index (χ4v) is 2.59. The van der Waals surface area contributed by atoms with Crippen LogP contribution in [0.15, 0.2) is 83.9 Å². The molecule has 0 heterocycles. The maximum absolute atomic E-state index is 11.0. The zero-order chi connectivity index (χ0) is 19.1. The van der Waals surface area contributed by atoms with E-state index in [-0.39, 0.29) is 5.69 Å². The van der Waals surface area contributed by atoms with Gasteiger partial charge in [0.25, 0.3) is 5.69 Å². The largest absolute Gasteiger partial charge is 0.332 e. The van der Waals surface area contributed by atoms with Crippen LogP contribution >= 0.6 is 12.2 Å². The van der Waals surface area contributed by atoms with Crippen LogP contribution in [0.4, 0.5) is 22.7 Å². The third-order valence-electron chi connectivity index (χ3n) is 3.64. The van der Waals surface area contributed by atoms with E-state index in [4.69, 9.17) is 12.2 Å². The fraction of sp³-hybridized carbons (Fsp3) is 0. The number of rotatable bonds is 5. The van der Waals surface area contributed by atoms with Gasteiger partial charge in [-0.2, -0.15) is 0 Å². The lowest BCUT2D eigenvalue weighted by molar-refractivity contribution is -0.385. The fourth-order valence-electron chi connectivity index (χ4n) is 2.35. The molecule has 0 spiro atoms. The standard InChI is InChI=1S/C20H16N4O2S/c25-24(26)19-9-5-4-6-15(19)14-21-16-10-12-18(13-11-16)23-20(27)22-17-7-2-1-3-8-17/h1-14H,(H2,22,23,27). The van der Waals surface area contributed by atoms with Crippen molar-refractivity contribution in [2.24, 2.45) is 4.99 Å². The number of hydrogen-bond acceptors (Lipinski definition) is 4. The number of nitrogens with one attached hydrogen (secondary N) is 2. The SMILES string of the molecule is O=[N+]([O-])c1ccccc1C=Nc1ccc(NC(=S)Nc2ccccc2)cc1.